The van der Waals surface area contributed by atoms with Crippen LogP contribution in [0.1, 0.15) is 6.04 Å². The molecule has 2 heterocycles. The normalized spacial score (nSPS) is 17.4. The second kappa shape index (κ2) is 4.11. The molecule has 1 aliphatic heterocycles. The van der Waals surface area contributed by atoms with Crippen molar-refractivity contribution in [1.82, 2.24) is 15.1 Å². The summed E-state index contributed by atoms with van der Waals surface area (Å²) in [4.78, 5) is 0. The minimum Gasteiger partial charge on any atom is -0.312 e. The molecule has 0 bridgehead atoms. The predicted molar refractivity (Wildman–Crippen MR) is 60.5 cm³/mol. The number of halogens is 1. The Morgan fingerprint density at radius 3 is 2.93 bits per heavy atom. The van der Waals surface area contributed by atoms with Crippen molar-refractivity contribution in [2.24, 2.45) is 0 Å². The number of nitrogens with zero attached hydrogens (tertiary/aromatic N) is 2. The standard InChI is InChI=1S/C7H11BrN4O2S/c8-5-15(13,14)11-7-1-2-10-12(7)6-3-9-4-6/h1-2,6,9,11H,3-5H2. The van der Waals surface area contributed by atoms with Gasteiger partial charge in [-0.25, -0.2) is 13.1 Å². The van der Waals surface area contributed by atoms with Gasteiger partial charge in [-0.1, -0.05) is 15.9 Å². The number of sulfonamides is 1. The first-order chi connectivity index (χ1) is 7.12. The van der Waals surface area contributed by atoms with Crippen molar-refractivity contribution in [3.05, 3.63) is 12.3 Å². The first kappa shape index (κ1) is 10.9. The van der Waals surface area contributed by atoms with E-state index in [0.29, 0.717) is 5.82 Å². The van der Waals surface area contributed by atoms with Crippen LogP contribution in [0.25, 0.3) is 0 Å². The Balaban J connectivity index is 2.18. The van der Waals surface area contributed by atoms with Gasteiger partial charge in [-0.2, -0.15) is 5.10 Å². The van der Waals surface area contributed by atoms with E-state index < -0.39 is 10.0 Å². The van der Waals surface area contributed by atoms with Crippen LogP contribution in [0.2, 0.25) is 0 Å². The highest BCUT2D eigenvalue weighted by Gasteiger charge is 2.22. The van der Waals surface area contributed by atoms with Gasteiger partial charge in [-0.3, -0.25) is 4.72 Å². The lowest BCUT2D eigenvalue weighted by atomic mass is 10.2. The number of hydrogen-bond donors (Lipinski definition) is 2. The summed E-state index contributed by atoms with van der Waals surface area (Å²) in [6.07, 6.45) is 1.59. The van der Waals surface area contributed by atoms with E-state index in [0.717, 1.165) is 13.1 Å². The van der Waals surface area contributed by atoms with Gasteiger partial charge in [-0.15, -0.1) is 0 Å². The van der Waals surface area contributed by atoms with Crippen molar-refractivity contribution in [3.63, 3.8) is 0 Å². The maximum atomic E-state index is 11.3. The van der Waals surface area contributed by atoms with Gasteiger partial charge in [0.05, 0.1) is 12.2 Å². The molecule has 15 heavy (non-hydrogen) atoms. The van der Waals surface area contributed by atoms with E-state index in [1.807, 2.05) is 0 Å². The highest BCUT2D eigenvalue weighted by atomic mass is 79.9. The van der Waals surface area contributed by atoms with Crippen LogP contribution in [0.3, 0.4) is 0 Å². The van der Waals surface area contributed by atoms with Gasteiger partial charge < -0.3 is 5.32 Å². The van der Waals surface area contributed by atoms with Crippen LogP contribution >= 0.6 is 15.9 Å². The van der Waals surface area contributed by atoms with Gasteiger partial charge in [0.25, 0.3) is 0 Å². The van der Waals surface area contributed by atoms with Gasteiger partial charge >= 0.3 is 0 Å². The Kier molecular flexibility index (Phi) is 2.98. The zero-order valence-electron chi connectivity index (χ0n) is 7.85. The first-order valence-corrected chi connectivity index (χ1v) is 7.20. The van der Waals surface area contributed by atoms with Crippen molar-refractivity contribution in [1.29, 1.82) is 0 Å². The third-order valence-electron chi connectivity index (χ3n) is 2.18. The maximum Gasteiger partial charge on any atom is 0.243 e. The fourth-order valence-corrected chi connectivity index (χ4v) is 2.20. The fourth-order valence-electron chi connectivity index (χ4n) is 1.32. The summed E-state index contributed by atoms with van der Waals surface area (Å²) in [6.45, 7) is 1.65. The number of nitrogens with one attached hydrogen (secondary N) is 2. The molecule has 0 unspecified atom stereocenters. The quantitative estimate of drug-likeness (QED) is 0.774. The lowest BCUT2D eigenvalue weighted by molar-refractivity contribution is 0.322. The minimum absolute atomic E-state index is 0.117. The van der Waals surface area contributed by atoms with Gasteiger partial charge in [0.1, 0.15) is 10.5 Å². The van der Waals surface area contributed by atoms with E-state index in [4.69, 9.17) is 0 Å². The van der Waals surface area contributed by atoms with E-state index in [1.165, 1.54) is 0 Å². The molecule has 1 aromatic rings. The van der Waals surface area contributed by atoms with Crippen LogP contribution in [0.15, 0.2) is 12.3 Å². The topological polar surface area (TPSA) is 76.0 Å². The number of aromatic nitrogens is 2. The summed E-state index contributed by atoms with van der Waals surface area (Å²) in [5.41, 5.74) is 0. The SMILES string of the molecule is O=S(=O)(CBr)Nc1ccnn1C1CNC1. The molecule has 1 aliphatic rings. The molecular weight excluding hydrogens is 284 g/mol. The number of hydrogen-bond acceptors (Lipinski definition) is 4. The van der Waals surface area contributed by atoms with E-state index in [1.54, 1.807) is 16.9 Å². The molecule has 0 amide bonds. The highest BCUT2D eigenvalue weighted by molar-refractivity contribution is 9.10. The number of anilines is 1. The lowest BCUT2D eigenvalue weighted by Crippen LogP contribution is -2.44. The summed E-state index contributed by atoms with van der Waals surface area (Å²) >= 11 is 2.92. The molecule has 84 valence electrons. The van der Waals surface area contributed by atoms with E-state index in [2.05, 4.69) is 31.1 Å². The van der Waals surface area contributed by atoms with Gasteiger partial charge in [0, 0.05) is 19.2 Å². The maximum absolute atomic E-state index is 11.3. The molecule has 0 aromatic carbocycles. The summed E-state index contributed by atoms with van der Waals surface area (Å²) < 4.78 is 26.7. The molecule has 1 aromatic heterocycles. The van der Waals surface area contributed by atoms with E-state index in [9.17, 15) is 8.42 Å². The smallest absolute Gasteiger partial charge is 0.243 e. The Bertz CT molecular complexity index is 440. The first-order valence-electron chi connectivity index (χ1n) is 4.43. The average molecular weight is 295 g/mol. The summed E-state index contributed by atoms with van der Waals surface area (Å²) in [6, 6.07) is 1.89. The molecule has 2 rings (SSSR count). The number of rotatable bonds is 4. The van der Waals surface area contributed by atoms with Crippen molar-refractivity contribution in [2.45, 2.75) is 6.04 Å². The molecule has 8 heteroatoms. The Morgan fingerprint density at radius 2 is 2.40 bits per heavy atom. The molecule has 1 fully saturated rings. The lowest BCUT2D eigenvalue weighted by Gasteiger charge is -2.28. The monoisotopic (exact) mass is 294 g/mol. The zero-order valence-corrected chi connectivity index (χ0v) is 10.3. The largest absolute Gasteiger partial charge is 0.312 e. The third kappa shape index (κ3) is 2.32. The molecule has 0 saturated carbocycles. The second-order valence-corrected chi connectivity index (χ2v) is 6.32. The molecule has 0 spiro atoms. The van der Waals surface area contributed by atoms with E-state index >= 15 is 0 Å². The Hall–Kier alpha value is -0.600. The molecule has 0 atom stereocenters. The Labute approximate surface area is 96.2 Å². The summed E-state index contributed by atoms with van der Waals surface area (Å²) in [7, 11) is -3.30. The van der Waals surface area contributed by atoms with Crippen LogP contribution in [0.4, 0.5) is 5.82 Å². The van der Waals surface area contributed by atoms with Gasteiger partial charge in [0.2, 0.25) is 10.0 Å². The van der Waals surface area contributed by atoms with Crippen LogP contribution in [0, 0.1) is 0 Å². The second-order valence-electron chi connectivity index (χ2n) is 3.30. The van der Waals surface area contributed by atoms with Crippen molar-refractivity contribution in [2.75, 3.05) is 22.5 Å². The molecule has 1 saturated heterocycles. The molecule has 2 N–H and O–H groups in total. The van der Waals surface area contributed by atoms with Crippen LogP contribution in [0.5, 0.6) is 0 Å². The Morgan fingerprint density at radius 1 is 1.67 bits per heavy atom. The molecule has 0 aliphatic carbocycles. The fraction of sp³-hybridized carbons (Fsp3) is 0.571. The van der Waals surface area contributed by atoms with Gasteiger partial charge in [-0.05, 0) is 0 Å². The van der Waals surface area contributed by atoms with Crippen LogP contribution in [-0.4, -0.2) is 35.9 Å². The average Bonchev–Trinajstić information content (AvgIpc) is 2.50. The van der Waals surface area contributed by atoms with Crippen LogP contribution < -0.4 is 10.0 Å². The predicted octanol–water partition coefficient (Wildman–Crippen LogP) is 0.121. The van der Waals surface area contributed by atoms with Crippen molar-refractivity contribution >= 4 is 31.8 Å². The van der Waals surface area contributed by atoms with Crippen molar-refractivity contribution in [3.8, 4) is 0 Å². The summed E-state index contributed by atoms with van der Waals surface area (Å²) in [5, 5.41) is 7.20. The van der Waals surface area contributed by atoms with Gasteiger partial charge in [0.15, 0.2) is 0 Å². The minimum atomic E-state index is -3.30. The van der Waals surface area contributed by atoms with E-state index in [-0.39, 0.29) is 10.7 Å². The number of alkyl halides is 1. The molecular formula is C7H11BrN4O2S. The summed E-state index contributed by atoms with van der Waals surface area (Å²) in [5.74, 6) is 0.515. The third-order valence-corrected chi connectivity index (χ3v) is 4.80. The van der Waals surface area contributed by atoms with Crippen LogP contribution in [-0.2, 0) is 10.0 Å². The highest BCUT2D eigenvalue weighted by Crippen LogP contribution is 2.18. The molecule has 6 nitrogen and oxygen atoms in total. The zero-order chi connectivity index (χ0) is 10.9. The molecule has 0 radical (unpaired) electrons. The van der Waals surface area contributed by atoms with Crippen molar-refractivity contribution < 1.29 is 8.42 Å².